The summed E-state index contributed by atoms with van der Waals surface area (Å²) in [6.45, 7) is 2.09. The number of hydrogen-bond donors (Lipinski definition) is 0. The van der Waals surface area contributed by atoms with Crippen molar-refractivity contribution in [2.45, 2.75) is 18.7 Å². The molecular formula is C16H16ClF. The maximum absolute atomic E-state index is 13.1. The van der Waals surface area contributed by atoms with Crippen LogP contribution >= 0.6 is 11.6 Å². The van der Waals surface area contributed by atoms with Gasteiger partial charge in [0.25, 0.3) is 0 Å². The first-order valence-electron chi connectivity index (χ1n) is 6.10. The SMILES string of the molecule is CC(Cc1cccc(F)c1)C(Cl)c1ccccc1. The van der Waals surface area contributed by atoms with Gasteiger partial charge >= 0.3 is 0 Å². The minimum atomic E-state index is -0.189. The quantitative estimate of drug-likeness (QED) is 0.682. The molecule has 0 aliphatic heterocycles. The fourth-order valence-corrected chi connectivity index (χ4v) is 2.34. The van der Waals surface area contributed by atoms with Gasteiger partial charge in [0, 0.05) is 0 Å². The largest absolute Gasteiger partial charge is 0.207 e. The van der Waals surface area contributed by atoms with E-state index in [1.54, 1.807) is 12.1 Å². The summed E-state index contributed by atoms with van der Waals surface area (Å²) in [7, 11) is 0. The Labute approximate surface area is 112 Å². The summed E-state index contributed by atoms with van der Waals surface area (Å²) in [6.07, 6.45) is 0.779. The Morgan fingerprint density at radius 1 is 1.06 bits per heavy atom. The van der Waals surface area contributed by atoms with Crippen LogP contribution in [-0.4, -0.2) is 0 Å². The molecule has 0 saturated carbocycles. The number of alkyl halides is 1. The third-order valence-electron chi connectivity index (χ3n) is 3.06. The molecule has 0 aliphatic rings. The molecule has 0 nitrogen and oxygen atoms in total. The first-order chi connectivity index (χ1) is 8.66. The van der Waals surface area contributed by atoms with Crippen molar-refractivity contribution in [1.29, 1.82) is 0 Å². The van der Waals surface area contributed by atoms with Gasteiger partial charge in [0.2, 0.25) is 0 Å². The minimum Gasteiger partial charge on any atom is -0.207 e. The van der Waals surface area contributed by atoms with E-state index in [2.05, 4.69) is 6.92 Å². The van der Waals surface area contributed by atoms with Gasteiger partial charge in [0.05, 0.1) is 5.38 Å². The Hall–Kier alpha value is -1.34. The van der Waals surface area contributed by atoms with Gasteiger partial charge in [0.15, 0.2) is 0 Å². The van der Waals surface area contributed by atoms with E-state index in [1.807, 2.05) is 36.4 Å². The molecule has 2 unspecified atom stereocenters. The lowest BCUT2D eigenvalue weighted by Gasteiger charge is -2.18. The molecule has 0 N–H and O–H groups in total. The van der Waals surface area contributed by atoms with Gasteiger partial charge in [-0.2, -0.15) is 0 Å². The van der Waals surface area contributed by atoms with Crippen LogP contribution in [0.2, 0.25) is 0 Å². The fourth-order valence-electron chi connectivity index (χ4n) is 2.10. The number of halogens is 2. The molecule has 2 aromatic rings. The fraction of sp³-hybridized carbons (Fsp3) is 0.250. The maximum Gasteiger partial charge on any atom is 0.123 e. The molecule has 0 amide bonds. The van der Waals surface area contributed by atoms with E-state index in [4.69, 9.17) is 11.6 Å². The molecule has 18 heavy (non-hydrogen) atoms. The summed E-state index contributed by atoms with van der Waals surface area (Å²) >= 11 is 6.45. The molecule has 2 aromatic carbocycles. The van der Waals surface area contributed by atoms with E-state index in [9.17, 15) is 4.39 Å². The van der Waals surface area contributed by atoms with Crippen molar-refractivity contribution in [3.8, 4) is 0 Å². The van der Waals surface area contributed by atoms with Crippen LogP contribution < -0.4 is 0 Å². The van der Waals surface area contributed by atoms with E-state index in [0.29, 0.717) is 0 Å². The zero-order valence-electron chi connectivity index (χ0n) is 10.3. The monoisotopic (exact) mass is 262 g/mol. The summed E-state index contributed by atoms with van der Waals surface area (Å²) in [5.74, 6) is 0.0707. The average molecular weight is 263 g/mol. The van der Waals surface area contributed by atoms with Crippen molar-refractivity contribution < 1.29 is 4.39 Å². The number of rotatable bonds is 4. The van der Waals surface area contributed by atoms with Gasteiger partial charge in [-0.15, -0.1) is 11.6 Å². The third kappa shape index (κ3) is 3.33. The smallest absolute Gasteiger partial charge is 0.123 e. The zero-order chi connectivity index (χ0) is 13.0. The second kappa shape index (κ2) is 6.01. The third-order valence-corrected chi connectivity index (χ3v) is 3.75. The van der Waals surface area contributed by atoms with Crippen LogP contribution in [0.1, 0.15) is 23.4 Å². The Bertz CT molecular complexity index is 495. The standard InChI is InChI=1S/C16H16ClF/c1-12(10-13-6-5-9-15(18)11-13)16(17)14-7-3-2-4-8-14/h2-9,11-12,16H,10H2,1H3. The first-order valence-corrected chi connectivity index (χ1v) is 6.54. The van der Waals surface area contributed by atoms with Crippen LogP contribution in [0.15, 0.2) is 54.6 Å². The van der Waals surface area contributed by atoms with Gasteiger partial charge in [0.1, 0.15) is 5.82 Å². The van der Waals surface area contributed by atoms with E-state index in [-0.39, 0.29) is 17.1 Å². The van der Waals surface area contributed by atoms with Gasteiger partial charge < -0.3 is 0 Å². The van der Waals surface area contributed by atoms with E-state index in [0.717, 1.165) is 17.5 Å². The van der Waals surface area contributed by atoms with Crippen molar-refractivity contribution in [2.24, 2.45) is 5.92 Å². The molecule has 2 atom stereocenters. The summed E-state index contributed by atoms with van der Waals surface area (Å²) in [5, 5.41) is -0.0468. The van der Waals surface area contributed by atoms with Crippen LogP contribution in [0.5, 0.6) is 0 Å². The predicted molar refractivity (Wildman–Crippen MR) is 74.3 cm³/mol. The van der Waals surface area contributed by atoms with E-state index >= 15 is 0 Å². The molecule has 94 valence electrons. The number of benzene rings is 2. The highest BCUT2D eigenvalue weighted by molar-refractivity contribution is 6.21. The minimum absolute atomic E-state index is 0.0468. The molecular weight excluding hydrogens is 247 g/mol. The normalized spacial score (nSPS) is 14.2. The predicted octanol–water partition coefficient (Wildman–Crippen LogP) is 4.98. The summed E-state index contributed by atoms with van der Waals surface area (Å²) < 4.78 is 13.1. The summed E-state index contributed by atoms with van der Waals surface area (Å²) in [4.78, 5) is 0. The Morgan fingerprint density at radius 3 is 2.44 bits per heavy atom. The Kier molecular flexibility index (Phi) is 4.38. The molecule has 0 saturated heterocycles. The van der Waals surface area contributed by atoms with Gasteiger partial charge in [-0.3, -0.25) is 0 Å². The zero-order valence-corrected chi connectivity index (χ0v) is 11.1. The molecule has 0 radical (unpaired) electrons. The van der Waals surface area contributed by atoms with Crippen molar-refractivity contribution in [3.05, 3.63) is 71.5 Å². The van der Waals surface area contributed by atoms with Gasteiger partial charge in [-0.25, -0.2) is 4.39 Å². The summed E-state index contributed by atoms with van der Waals surface area (Å²) in [5.41, 5.74) is 2.10. The Morgan fingerprint density at radius 2 is 1.78 bits per heavy atom. The van der Waals surface area contributed by atoms with Crippen molar-refractivity contribution in [2.75, 3.05) is 0 Å². The van der Waals surface area contributed by atoms with Crippen LogP contribution in [0.25, 0.3) is 0 Å². The second-order valence-electron chi connectivity index (χ2n) is 4.62. The second-order valence-corrected chi connectivity index (χ2v) is 5.09. The number of hydrogen-bond acceptors (Lipinski definition) is 0. The lowest BCUT2D eigenvalue weighted by atomic mass is 9.94. The van der Waals surface area contributed by atoms with Crippen LogP contribution in [-0.2, 0) is 6.42 Å². The molecule has 0 spiro atoms. The van der Waals surface area contributed by atoms with Crippen molar-refractivity contribution in [3.63, 3.8) is 0 Å². The average Bonchev–Trinajstić information content (AvgIpc) is 2.39. The molecule has 2 heteroatoms. The first kappa shape index (κ1) is 13.1. The van der Waals surface area contributed by atoms with Crippen LogP contribution in [0.4, 0.5) is 4.39 Å². The Balaban J connectivity index is 2.06. The highest BCUT2D eigenvalue weighted by atomic mass is 35.5. The highest BCUT2D eigenvalue weighted by Gasteiger charge is 2.16. The molecule has 0 heterocycles. The molecule has 2 rings (SSSR count). The highest BCUT2D eigenvalue weighted by Crippen LogP contribution is 2.30. The van der Waals surface area contributed by atoms with E-state index < -0.39 is 0 Å². The van der Waals surface area contributed by atoms with Crippen LogP contribution in [0, 0.1) is 11.7 Å². The molecule has 0 aromatic heterocycles. The van der Waals surface area contributed by atoms with Crippen molar-refractivity contribution >= 4 is 11.6 Å². The topological polar surface area (TPSA) is 0 Å². The van der Waals surface area contributed by atoms with Crippen LogP contribution in [0.3, 0.4) is 0 Å². The van der Waals surface area contributed by atoms with Crippen molar-refractivity contribution in [1.82, 2.24) is 0 Å². The van der Waals surface area contributed by atoms with E-state index in [1.165, 1.54) is 6.07 Å². The molecule has 0 fully saturated rings. The lowest BCUT2D eigenvalue weighted by Crippen LogP contribution is -2.07. The maximum atomic E-state index is 13.1. The van der Waals surface area contributed by atoms with Gasteiger partial charge in [-0.1, -0.05) is 49.4 Å². The molecule has 0 bridgehead atoms. The lowest BCUT2D eigenvalue weighted by molar-refractivity contribution is 0.554. The van der Waals surface area contributed by atoms with Gasteiger partial charge in [-0.05, 0) is 35.6 Å². The summed E-state index contributed by atoms with van der Waals surface area (Å²) in [6, 6.07) is 16.7. The molecule has 0 aliphatic carbocycles.